The Morgan fingerprint density at radius 3 is 2.12 bits per heavy atom. The second-order valence-corrected chi connectivity index (χ2v) is 12.1. The van der Waals surface area contributed by atoms with Crippen LogP contribution in [0.25, 0.3) is 11.2 Å². The van der Waals surface area contributed by atoms with Crippen LogP contribution in [0.5, 0.6) is 5.75 Å². The highest BCUT2D eigenvalue weighted by Crippen LogP contribution is 2.40. The number of ether oxygens (including phenoxy) is 2. The first kappa shape index (κ1) is 27.8. The van der Waals surface area contributed by atoms with Gasteiger partial charge in [-0.3, -0.25) is 4.57 Å². The minimum atomic E-state index is -3.26. The molecule has 5 rings (SSSR count). The average Bonchev–Trinajstić information content (AvgIpc) is 3.38. The minimum absolute atomic E-state index is 0.199. The van der Waals surface area contributed by atoms with Gasteiger partial charge in [-0.05, 0) is 28.8 Å². The van der Waals surface area contributed by atoms with Crippen molar-refractivity contribution in [3.63, 3.8) is 0 Å². The zero-order valence-electron chi connectivity index (χ0n) is 22.1. The second kappa shape index (κ2) is 11.8. The molecule has 0 amide bonds. The summed E-state index contributed by atoms with van der Waals surface area (Å²) in [7, 11) is -1.63. The van der Waals surface area contributed by atoms with E-state index in [-0.39, 0.29) is 18.1 Å². The normalized spacial score (nSPS) is 13.2. The highest BCUT2D eigenvalue weighted by molar-refractivity contribution is 7.56. The number of fused-ring (bicyclic) bond motifs is 1. The highest BCUT2D eigenvalue weighted by Gasteiger charge is 2.37. The molecule has 2 heterocycles. The molecule has 5 aromatic rings. The topological polar surface area (TPSA) is 111 Å². The molecule has 0 radical (unpaired) electrons. The van der Waals surface area contributed by atoms with Crippen LogP contribution in [0.2, 0.25) is 5.15 Å². The lowest BCUT2D eigenvalue weighted by atomic mass is 9.77. The lowest BCUT2D eigenvalue weighted by Gasteiger charge is -2.37. The summed E-state index contributed by atoms with van der Waals surface area (Å²) in [6, 6.07) is 28.0. The molecule has 1 unspecified atom stereocenters. The molecule has 206 valence electrons. The molecule has 0 aliphatic heterocycles. The van der Waals surface area contributed by atoms with Gasteiger partial charge in [-0.15, -0.1) is 0 Å². The fourth-order valence-electron chi connectivity index (χ4n) is 4.63. The van der Waals surface area contributed by atoms with Crippen molar-refractivity contribution >= 4 is 36.1 Å². The SMILES string of the molecule is COc1ccc(C(Nc2nc(Cl)c3ncn(CCOCP(C)(=O)O)c3n2)(c2ccccc2)c2ccccc2)cc1. The first-order chi connectivity index (χ1) is 19.3. The van der Waals surface area contributed by atoms with E-state index in [1.807, 2.05) is 60.7 Å². The van der Waals surface area contributed by atoms with E-state index in [9.17, 15) is 9.46 Å². The third kappa shape index (κ3) is 5.88. The van der Waals surface area contributed by atoms with Gasteiger partial charge in [0, 0.05) is 13.2 Å². The number of halogens is 1. The number of nitrogens with one attached hydrogen (secondary N) is 1. The number of aromatic nitrogens is 4. The summed E-state index contributed by atoms with van der Waals surface area (Å²) in [5.41, 5.74) is 2.97. The number of imidazole rings is 1. The van der Waals surface area contributed by atoms with Crippen LogP contribution >= 0.6 is 19.0 Å². The zero-order chi connectivity index (χ0) is 28.2. The van der Waals surface area contributed by atoms with Crippen LogP contribution < -0.4 is 10.1 Å². The second-order valence-electron chi connectivity index (χ2n) is 9.37. The fraction of sp³-hybridized carbons (Fsp3) is 0.207. The van der Waals surface area contributed by atoms with Crippen LogP contribution in [-0.4, -0.2) is 51.1 Å². The van der Waals surface area contributed by atoms with Gasteiger partial charge in [0.25, 0.3) is 0 Å². The lowest BCUT2D eigenvalue weighted by Crippen LogP contribution is -2.38. The smallest absolute Gasteiger partial charge is 0.227 e. The molecule has 0 aliphatic carbocycles. The van der Waals surface area contributed by atoms with Gasteiger partial charge in [0.1, 0.15) is 23.2 Å². The summed E-state index contributed by atoms with van der Waals surface area (Å²) in [4.78, 5) is 23.3. The highest BCUT2D eigenvalue weighted by atomic mass is 35.5. The summed E-state index contributed by atoms with van der Waals surface area (Å²) >= 11 is 6.62. The molecule has 1 atom stereocenters. The Labute approximate surface area is 237 Å². The molecule has 0 saturated carbocycles. The maximum Gasteiger partial charge on any atom is 0.227 e. The Morgan fingerprint density at radius 1 is 0.950 bits per heavy atom. The van der Waals surface area contributed by atoms with Crippen LogP contribution in [0.15, 0.2) is 91.3 Å². The number of anilines is 1. The molecule has 0 aliphatic rings. The van der Waals surface area contributed by atoms with Crippen molar-refractivity contribution in [1.29, 1.82) is 0 Å². The Bertz CT molecular complexity index is 1590. The maximum atomic E-state index is 11.6. The monoisotopic (exact) mass is 577 g/mol. The van der Waals surface area contributed by atoms with Crippen molar-refractivity contribution < 1.29 is 18.9 Å². The van der Waals surface area contributed by atoms with Gasteiger partial charge in [-0.1, -0.05) is 84.4 Å². The van der Waals surface area contributed by atoms with E-state index in [0.29, 0.717) is 23.7 Å². The molecule has 0 fully saturated rings. The number of nitrogens with zero attached hydrogens (tertiary/aromatic N) is 4. The molecule has 0 bridgehead atoms. The molecule has 40 heavy (non-hydrogen) atoms. The number of benzene rings is 3. The summed E-state index contributed by atoms with van der Waals surface area (Å²) < 4.78 is 24.2. The fourth-order valence-corrected chi connectivity index (χ4v) is 5.31. The Morgan fingerprint density at radius 2 is 1.55 bits per heavy atom. The van der Waals surface area contributed by atoms with E-state index in [0.717, 1.165) is 22.4 Å². The van der Waals surface area contributed by atoms with Gasteiger partial charge in [0.15, 0.2) is 10.8 Å². The van der Waals surface area contributed by atoms with Crippen molar-refractivity contribution in [2.24, 2.45) is 0 Å². The van der Waals surface area contributed by atoms with Crippen LogP contribution in [0.3, 0.4) is 0 Å². The van der Waals surface area contributed by atoms with E-state index < -0.39 is 12.9 Å². The van der Waals surface area contributed by atoms with Crippen LogP contribution in [0.1, 0.15) is 16.7 Å². The Hall–Kier alpha value is -3.75. The number of hydrogen-bond acceptors (Lipinski definition) is 7. The third-order valence-corrected chi connectivity index (χ3v) is 7.39. The standard InChI is InChI=1S/C29H29ClN5O4P/c1-38-24-15-13-23(14-16-24)29(21-9-5-3-6-10-21,22-11-7-4-8-12-22)34-28-32-26(30)25-27(33-28)35(19-31-25)17-18-39-20-40(2,36)37/h3-16,19H,17-18,20H2,1-2H3,(H,36,37)(H,32,33,34). The van der Waals surface area contributed by atoms with Crippen molar-refractivity contribution in [3.05, 3.63) is 113 Å². The molecule has 11 heteroatoms. The summed E-state index contributed by atoms with van der Waals surface area (Å²) in [6.07, 6.45) is 1.38. The quantitative estimate of drug-likeness (QED) is 0.0881. The third-order valence-electron chi connectivity index (χ3n) is 6.46. The van der Waals surface area contributed by atoms with Gasteiger partial charge >= 0.3 is 0 Å². The van der Waals surface area contributed by atoms with Crippen molar-refractivity contribution in [1.82, 2.24) is 19.5 Å². The van der Waals surface area contributed by atoms with Crippen molar-refractivity contribution in [2.75, 3.05) is 32.0 Å². The molecule has 2 N–H and O–H groups in total. The van der Waals surface area contributed by atoms with E-state index in [1.165, 1.54) is 6.66 Å². The first-order valence-electron chi connectivity index (χ1n) is 12.6. The van der Waals surface area contributed by atoms with Gasteiger partial charge in [0.05, 0.1) is 20.0 Å². The molecular formula is C29H29ClN5O4P. The summed E-state index contributed by atoms with van der Waals surface area (Å²) in [5, 5.41) is 3.83. The van der Waals surface area contributed by atoms with Crippen molar-refractivity contribution in [2.45, 2.75) is 12.1 Å². The van der Waals surface area contributed by atoms with E-state index >= 15 is 0 Å². The molecule has 0 saturated heterocycles. The number of hydrogen-bond donors (Lipinski definition) is 2. The Balaban J connectivity index is 1.61. The van der Waals surface area contributed by atoms with E-state index in [4.69, 9.17) is 26.1 Å². The molecule has 9 nitrogen and oxygen atoms in total. The summed E-state index contributed by atoms with van der Waals surface area (Å²) in [6.45, 7) is 1.83. The van der Waals surface area contributed by atoms with Gasteiger partial charge in [0.2, 0.25) is 13.3 Å². The minimum Gasteiger partial charge on any atom is -0.497 e. The van der Waals surface area contributed by atoms with Gasteiger partial charge in [-0.25, -0.2) is 4.98 Å². The predicted molar refractivity (Wildman–Crippen MR) is 156 cm³/mol. The maximum absolute atomic E-state index is 11.6. The average molecular weight is 578 g/mol. The van der Waals surface area contributed by atoms with E-state index in [2.05, 4.69) is 39.6 Å². The molecule has 0 spiro atoms. The number of methoxy groups -OCH3 is 1. The van der Waals surface area contributed by atoms with Crippen LogP contribution in [0.4, 0.5) is 5.95 Å². The molecular weight excluding hydrogens is 549 g/mol. The predicted octanol–water partition coefficient (Wildman–Crippen LogP) is 5.77. The molecule has 3 aromatic carbocycles. The first-order valence-corrected chi connectivity index (χ1v) is 15.3. The van der Waals surface area contributed by atoms with Gasteiger partial charge in [-0.2, -0.15) is 9.97 Å². The van der Waals surface area contributed by atoms with Crippen molar-refractivity contribution in [3.8, 4) is 5.75 Å². The summed E-state index contributed by atoms with van der Waals surface area (Å²) in [5.74, 6) is 1.04. The zero-order valence-corrected chi connectivity index (χ0v) is 23.7. The van der Waals surface area contributed by atoms with Gasteiger partial charge < -0.3 is 24.3 Å². The molecule has 2 aromatic heterocycles. The van der Waals surface area contributed by atoms with E-state index in [1.54, 1.807) is 18.0 Å². The lowest BCUT2D eigenvalue weighted by molar-refractivity contribution is 0.160. The largest absolute Gasteiger partial charge is 0.497 e. The Kier molecular flexibility index (Phi) is 8.19. The number of rotatable bonds is 11. The van der Waals surface area contributed by atoms with Crippen LogP contribution in [-0.2, 0) is 21.4 Å². The van der Waals surface area contributed by atoms with Crippen LogP contribution in [0, 0.1) is 0 Å².